The number of anilines is 1. The summed E-state index contributed by atoms with van der Waals surface area (Å²) >= 11 is 0. The van der Waals surface area contributed by atoms with Crippen molar-refractivity contribution >= 4 is 22.5 Å². The number of nitrogens with one attached hydrogen (secondary N) is 1. The van der Waals surface area contributed by atoms with Gasteiger partial charge in [0.1, 0.15) is 11.3 Å². The molecule has 0 saturated heterocycles. The van der Waals surface area contributed by atoms with Crippen LogP contribution in [0.15, 0.2) is 54.7 Å². The number of para-hydroxylation sites is 1. The van der Waals surface area contributed by atoms with E-state index in [4.69, 9.17) is 5.26 Å². The number of hydrogen-bond acceptors (Lipinski definition) is 3. The van der Waals surface area contributed by atoms with E-state index in [0.29, 0.717) is 16.6 Å². The molecule has 0 aliphatic carbocycles. The van der Waals surface area contributed by atoms with Crippen LogP contribution in [-0.4, -0.2) is 10.9 Å². The maximum Gasteiger partial charge on any atom is 0.232 e. The number of rotatable bonds is 4. The van der Waals surface area contributed by atoms with Crippen LogP contribution in [0.3, 0.4) is 0 Å². The number of carbonyl (C=O) groups excluding carboxylic acids is 1. The molecule has 1 atom stereocenters. The molecular formula is C21H18FN3O. The number of halogens is 1. The molecule has 4 nitrogen and oxygen atoms in total. The van der Waals surface area contributed by atoms with Crippen molar-refractivity contribution in [3.05, 3.63) is 71.7 Å². The van der Waals surface area contributed by atoms with Crippen molar-refractivity contribution in [2.45, 2.75) is 19.8 Å². The number of fused-ring (bicyclic) bond motifs is 1. The molecule has 0 aliphatic heterocycles. The van der Waals surface area contributed by atoms with Crippen molar-refractivity contribution in [1.82, 2.24) is 4.98 Å². The van der Waals surface area contributed by atoms with E-state index in [-0.39, 0.29) is 23.3 Å². The van der Waals surface area contributed by atoms with Crippen molar-refractivity contribution in [2.24, 2.45) is 5.92 Å². The molecule has 2 aromatic carbocycles. The average Bonchev–Trinajstić information content (AvgIpc) is 2.62. The van der Waals surface area contributed by atoms with Gasteiger partial charge in [-0.05, 0) is 35.7 Å². The summed E-state index contributed by atoms with van der Waals surface area (Å²) < 4.78 is 13.7. The summed E-state index contributed by atoms with van der Waals surface area (Å²) in [5.74, 6) is -0.861. The van der Waals surface area contributed by atoms with Crippen LogP contribution < -0.4 is 5.32 Å². The first-order valence-electron chi connectivity index (χ1n) is 8.35. The Morgan fingerprint density at radius 3 is 2.58 bits per heavy atom. The van der Waals surface area contributed by atoms with E-state index in [1.165, 1.54) is 12.3 Å². The smallest absolute Gasteiger partial charge is 0.232 e. The second kappa shape index (κ2) is 7.32. The molecule has 3 rings (SSSR count). The molecule has 130 valence electrons. The summed E-state index contributed by atoms with van der Waals surface area (Å²) in [7, 11) is 0. The number of amides is 1. The minimum atomic E-state index is -0.391. The first-order chi connectivity index (χ1) is 12.5. The third-order valence-corrected chi connectivity index (χ3v) is 4.28. The van der Waals surface area contributed by atoms with E-state index in [1.54, 1.807) is 42.5 Å². The van der Waals surface area contributed by atoms with Crippen LogP contribution in [0.1, 0.15) is 30.9 Å². The Balaban J connectivity index is 1.87. The third kappa shape index (κ3) is 3.55. The quantitative estimate of drug-likeness (QED) is 0.748. The van der Waals surface area contributed by atoms with Crippen molar-refractivity contribution in [3.63, 3.8) is 0 Å². The van der Waals surface area contributed by atoms with Gasteiger partial charge in [0.2, 0.25) is 5.91 Å². The SMILES string of the molecule is CC(C)C(C(=O)Nc1cnc2c(F)cccc2c1)c1ccc(C#N)cc1. The Bertz CT molecular complexity index is 990. The van der Waals surface area contributed by atoms with Gasteiger partial charge in [-0.3, -0.25) is 9.78 Å². The van der Waals surface area contributed by atoms with Gasteiger partial charge >= 0.3 is 0 Å². The lowest BCUT2D eigenvalue weighted by Gasteiger charge is -2.21. The van der Waals surface area contributed by atoms with Gasteiger partial charge in [0.15, 0.2) is 0 Å². The van der Waals surface area contributed by atoms with Crippen LogP contribution in [0.4, 0.5) is 10.1 Å². The van der Waals surface area contributed by atoms with E-state index in [2.05, 4.69) is 16.4 Å². The van der Waals surface area contributed by atoms with Crippen LogP contribution in [0.2, 0.25) is 0 Å². The fourth-order valence-corrected chi connectivity index (χ4v) is 3.02. The summed E-state index contributed by atoms with van der Waals surface area (Å²) in [4.78, 5) is 16.9. The summed E-state index contributed by atoms with van der Waals surface area (Å²) in [5.41, 5.74) is 2.19. The van der Waals surface area contributed by atoms with Gasteiger partial charge in [-0.25, -0.2) is 4.39 Å². The lowest BCUT2D eigenvalue weighted by Crippen LogP contribution is -2.25. The lowest BCUT2D eigenvalue weighted by atomic mass is 9.87. The molecule has 5 heteroatoms. The molecule has 0 saturated carbocycles. The molecule has 1 aromatic heterocycles. The van der Waals surface area contributed by atoms with Gasteiger partial charge in [-0.2, -0.15) is 5.26 Å². The van der Waals surface area contributed by atoms with Crippen molar-refractivity contribution in [3.8, 4) is 6.07 Å². The minimum Gasteiger partial charge on any atom is -0.324 e. The molecule has 0 fully saturated rings. The molecule has 1 heterocycles. The average molecular weight is 347 g/mol. The number of hydrogen-bond donors (Lipinski definition) is 1. The maximum absolute atomic E-state index is 13.7. The highest BCUT2D eigenvalue weighted by Crippen LogP contribution is 2.27. The first-order valence-corrected chi connectivity index (χ1v) is 8.35. The highest BCUT2D eigenvalue weighted by molar-refractivity contribution is 5.97. The third-order valence-electron chi connectivity index (χ3n) is 4.28. The highest BCUT2D eigenvalue weighted by atomic mass is 19.1. The van der Waals surface area contributed by atoms with E-state index in [9.17, 15) is 9.18 Å². The topological polar surface area (TPSA) is 65.8 Å². The fraction of sp³-hybridized carbons (Fsp3) is 0.190. The van der Waals surface area contributed by atoms with Gasteiger partial charge in [0, 0.05) is 5.39 Å². The number of nitrogens with zero attached hydrogens (tertiary/aromatic N) is 2. The zero-order valence-corrected chi connectivity index (χ0v) is 14.5. The molecule has 26 heavy (non-hydrogen) atoms. The molecule has 0 aliphatic rings. The van der Waals surface area contributed by atoms with Gasteiger partial charge < -0.3 is 5.32 Å². The zero-order chi connectivity index (χ0) is 18.7. The lowest BCUT2D eigenvalue weighted by molar-refractivity contribution is -0.118. The van der Waals surface area contributed by atoms with Gasteiger partial charge in [0.25, 0.3) is 0 Å². The van der Waals surface area contributed by atoms with Crippen LogP contribution in [0.5, 0.6) is 0 Å². The number of aromatic nitrogens is 1. The summed E-state index contributed by atoms with van der Waals surface area (Å²) in [6.45, 7) is 3.94. The summed E-state index contributed by atoms with van der Waals surface area (Å²) in [6, 6.07) is 15.5. The number of nitriles is 1. The Morgan fingerprint density at radius 1 is 1.19 bits per heavy atom. The van der Waals surface area contributed by atoms with Gasteiger partial charge in [-0.15, -0.1) is 0 Å². The van der Waals surface area contributed by atoms with Crippen LogP contribution in [0.25, 0.3) is 10.9 Å². The number of benzene rings is 2. The predicted octanol–water partition coefficient (Wildman–Crippen LogP) is 4.62. The van der Waals surface area contributed by atoms with Crippen molar-refractivity contribution < 1.29 is 9.18 Å². The molecule has 1 amide bonds. The molecule has 1 N–H and O–H groups in total. The van der Waals surface area contributed by atoms with E-state index >= 15 is 0 Å². The second-order valence-corrected chi connectivity index (χ2v) is 6.48. The second-order valence-electron chi connectivity index (χ2n) is 6.48. The van der Waals surface area contributed by atoms with Crippen molar-refractivity contribution in [1.29, 1.82) is 5.26 Å². The Kier molecular flexibility index (Phi) is 4.94. The van der Waals surface area contributed by atoms with Crippen LogP contribution in [-0.2, 0) is 4.79 Å². The Morgan fingerprint density at radius 2 is 1.92 bits per heavy atom. The van der Waals surface area contributed by atoms with E-state index < -0.39 is 5.82 Å². The molecule has 0 spiro atoms. The van der Waals surface area contributed by atoms with E-state index in [1.807, 2.05) is 13.8 Å². The number of pyridine rings is 1. The molecule has 0 radical (unpaired) electrons. The Hall–Kier alpha value is -3.26. The van der Waals surface area contributed by atoms with Crippen LogP contribution >= 0.6 is 0 Å². The Labute approximate surface area is 151 Å². The maximum atomic E-state index is 13.7. The fourth-order valence-electron chi connectivity index (χ4n) is 3.02. The zero-order valence-electron chi connectivity index (χ0n) is 14.5. The predicted molar refractivity (Wildman–Crippen MR) is 99.1 cm³/mol. The van der Waals surface area contributed by atoms with Crippen LogP contribution in [0, 0.1) is 23.1 Å². The summed E-state index contributed by atoms with van der Waals surface area (Å²) in [6.07, 6.45) is 1.46. The largest absolute Gasteiger partial charge is 0.324 e. The first kappa shape index (κ1) is 17.6. The standard InChI is InChI=1S/C21H18FN3O/c1-13(2)19(15-8-6-14(11-23)7-9-15)21(26)25-17-10-16-4-3-5-18(22)20(16)24-12-17/h3-10,12-13,19H,1-2H3,(H,25,26). The van der Waals surface area contributed by atoms with Gasteiger partial charge in [0.05, 0.1) is 29.4 Å². The molecular weight excluding hydrogens is 329 g/mol. The van der Waals surface area contributed by atoms with Crippen molar-refractivity contribution in [2.75, 3.05) is 5.32 Å². The molecule has 1 unspecified atom stereocenters. The highest BCUT2D eigenvalue weighted by Gasteiger charge is 2.24. The summed E-state index contributed by atoms with van der Waals surface area (Å²) in [5, 5.41) is 12.4. The minimum absolute atomic E-state index is 0.0637. The van der Waals surface area contributed by atoms with E-state index in [0.717, 1.165) is 5.56 Å². The normalized spacial score (nSPS) is 12.0. The molecule has 0 bridgehead atoms. The van der Waals surface area contributed by atoms with Gasteiger partial charge in [-0.1, -0.05) is 38.1 Å². The number of carbonyl (C=O) groups is 1. The monoisotopic (exact) mass is 347 g/mol. The molecule has 3 aromatic rings.